The van der Waals surface area contributed by atoms with Gasteiger partial charge in [0.05, 0.1) is 22.3 Å². The average molecular weight is 277 g/mol. The number of halogens is 2. The van der Waals surface area contributed by atoms with Crippen LogP contribution in [-0.4, -0.2) is 0 Å². The molecule has 19 heavy (non-hydrogen) atoms. The van der Waals surface area contributed by atoms with E-state index in [4.69, 9.17) is 27.3 Å². The first-order valence-corrected chi connectivity index (χ1v) is 5.82. The van der Waals surface area contributed by atoms with Crippen LogP contribution >= 0.6 is 11.6 Å². The maximum atomic E-state index is 13.4. The Labute approximate surface area is 115 Å². The summed E-state index contributed by atoms with van der Waals surface area (Å²) >= 11 is 5.61. The van der Waals surface area contributed by atoms with E-state index in [1.54, 1.807) is 18.2 Å². The van der Waals surface area contributed by atoms with Gasteiger partial charge in [-0.1, -0.05) is 17.7 Å². The van der Waals surface area contributed by atoms with Crippen LogP contribution in [0.1, 0.15) is 11.1 Å². The molecule has 5 heteroatoms. The number of nitrogens with zero attached hydrogens (tertiary/aromatic N) is 1. The first kappa shape index (κ1) is 13.2. The zero-order chi connectivity index (χ0) is 14.0. The molecular weight excluding hydrogens is 267 g/mol. The number of ether oxygens (including phenoxy) is 1. The molecule has 0 radical (unpaired) electrons. The van der Waals surface area contributed by atoms with E-state index in [0.29, 0.717) is 11.3 Å². The molecule has 2 N–H and O–H groups in total. The molecule has 96 valence electrons. The van der Waals surface area contributed by atoms with Gasteiger partial charge in [-0.05, 0) is 30.7 Å². The summed E-state index contributed by atoms with van der Waals surface area (Å²) in [5, 5.41) is 8.78. The van der Waals surface area contributed by atoms with Crippen molar-refractivity contribution in [2.45, 2.75) is 6.92 Å². The van der Waals surface area contributed by atoms with Crippen molar-refractivity contribution in [1.82, 2.24) is 0 Å². The molecule has 3 nitrogen and oxygen atoms in total. The van der Waals surface area contributed by atoms with Crippen molar-refractivity contribution in [1.29, 1.82) is 5.26 Å². The summed E-state index contributed by atoms with van der Waals surface area (Å²) in [4.78, 5) is 0. The lowest BCUT2D eigenvalue weighted by Crippen LogP contribution is -1.95. The molecular formula is C14H10ClFN2O. The van der Waals surface area contributed by atoms with Gasteiger partial charge in [-0.25, -0.2) is 4.39 Å². The second-order valence-electron chi connectivity index (χ2n) is 4.00. The number of hydrogen-bond donors (Lipinski definition) is 1. The monoisotopic (exact) mass is 276 g/mol. The molecule has 2 aromatic rings. The highest BCUT2D eigenvalue weighted by atomic mass is 35.5. The van der Waals surface area contributed by atoms with Crippen molar-refractivity contribution in [2.75, 3.05) is 5.73 Å². The van der Waals surface area contributed by atoms with E-state index in [9.17, 15) is 4.39 Å². The van der Waals surface area contributed by atoms with Crippen molar-refractivity contribution in [3.63, 3.8) is 0 Å². The molecule has 0 aliphatic rings. The molecule has 2 aromatic carbocycles. The fraction of sp³-hybridized carbons (Fsp3) is 0.0714. The molecule has 0 aliphatic carbocycles. The number of aryl methyl sites for hydroxylation is 1. The van der Waals surface area contributed by atoms with Gasteiger partial charge < -0.3 is 10.5 Å². The van der Waals surface area contributed by atoms with Crippen LogP contribution in [0, 0.1) is 24.1 Å². The van der Waals surface area contributed by atoms with E-state index in [1.807, 2.05) is 13.0 Å². The number of hydrogen-bond acceptors (Lipinski definition) is 3. The quantitative estimate of drug-likeness (QED) is 0.842. The Morgan fingerprint density at radius 2 is 2.00 bits per heavy atom. The lowest BCUT2D eigenvalue weighted by atomic mass is 10.1. The lowest BCUT2D eigenvalue weighted by molar-refractivity contribution is 0.475. The summed E-state index contributed by atoms with van der Waals surface area (Å²) in [6, 6.07) is 9.41. The molecule has 0 amide bonds. The zero-order valence-corrected chi connectivity index (χ0v) is 10.8. The molecule has 0 saturated heterocycles. The van der Waals surface area contributed by atoms with E-state index in [2.05, 4.69) is 0 Å². The van der Waals surface area contributed by atoms with Crippen LogP contribution in [0.4, 0.5) is 10.1 Å². The molecule has 0 fully saturated rings. The van der Waals surface area contributed by atoms with Crippen molar-refractivity contribution in [2.24, 2.45) is 0 Å². The standard InChI is InChI=1S/C14H10ClFN2O/c1-8-2-3-9(7-17)4-13(8)19-14-6-11(16)10(15)5-12(14)18/h2-6H,18H2,1H3. The van der Waals surface area contributed by atoms with Gasteiger partial charge in [0, 0.05) is 6.07 Å². The molecule has 0 heterocycles. The van der Waals surface area contributed by atoms with Crippen LogP contribution in [-0.2, 0) is 0 Å². The molecule has 0 aromatic heterocycles. The second-order valence-corrected chi connectivity index (χ2v) is 4.41. The lowest BCUT2D eigenvalue weighted by Gasteiger charge is -2.11. The van der Waals surface area contributed by atoms with Gasteiger partial charge in [-0.2, -0.15) is 5.26 Å². The zero-order valence-electron chi connectivity index (χ0n) is 10.1. The van der Waals surface area contributed by atoms with E-state index < -0.39 is 5.82 Å². The number of nitrogens with two attached hydrogens (primary N) is 1. The van der Waals surface area contributed by atoms with Crippen LogP contribution in [0.25, 0.3) is 0 Å². The Morgan fingerprint density at radius 1 is 1.26 bits per heavy atom. The van der Waals surface area contributed by atoms with Crippen LogP contribution < -0.4 is 10.5 Å². The van der Waals surface area contributed by atoms with Crippen LogP contribution in [0.15, 0.2) is 30.3 Å². The Hall–Kier alpha value is -2.25. The van der Waals surface area contributed by atoms with Crippen molar-refractivity contribution in [3.8, 4) is 17.6 Å². The van der Waals surface area contributed by atoms with Gasteiger partial charge in [-0.3, -0.25) is 0 Å². The summed E-state index contributed by atoms with van der Waals surface area (Å²) in [5.41, 5.74) is 7.21. The largest absolute Gasteiger partial charge is 0.455 e. The highest BCUT2D eigenvalue weighted by Crippen LogP contribution is 2.33. The minimum absolute atomic E-state index is 0.0626. The number of anilines is 1. The van der Waals surface area contributed by atoms with Crippen molar-refractivity contribution in [3.05, 3.63) is 52.3 Å². The van der Waals surface area contributed by atoms with Crippen LogP contribution in [0.2, 0.25) is 5.02 Å². The van der Waals surface area contributed by atoms with Gasteiger partial charge in [-0.15, -0.1) is 0 Å². The highest BCUT2D eigenvalue weighted by molar-refractivity contribution is 6.31. The summed E-state index contributed by atoms with van der Waals surface area (Å²) in [6.07, 6.45) is 0. The summed E-state index contributed by atoms with van der Waals surface area (Å²) < 4.78 is 18.9. The first-order valence-electron chi connectivity index (χ1n) is 5.44. The average Bonchev–Trinajstić information content (AvgIpc) is 2.38. The van der Waals surface area contributed by atoms with Crippen molar-refractivity contribution >= 4 is 17.3 Å². The molecule has 2 rings (SSSR count). The second kappa shape index (κ2) is 5.17. The predicted molar refractivity (Wildman–Crippen MR) is 71.8 cm³/mol. The van der Waals surface area contributed by atoms with Gasteiger partial charge in [0.15, 0.2) is 5.75 Å². The third-order valence-corrected chi connectivity index (χ3v) is 2.88. The van der Waals surface area contributed by atoms with Gasteiger partial charge in [0.1, 0.15) is 11.6 Å². The number of rotatable bonds is 2. The predicted octanol–water partition coefficient (Wildman–Crippen LogP) is 4.03. The van der Waals surface area contributed by atoms with Crippen LogP contribution in [0.3, 0.4) is 0 Å². The Balaban J connectivity index is 2.42. The molecule has 0 spiro atoms. The first-order chi connectivity index (χ1) is 9.01. The third-order valence-electron chi connectivity index (χ3n) is 2.59. The summed E-state index contributed by atoms with van der Waals surface area (Å²) in [6.45, 7) is 1.82. The molecule has 0 unspecified atom stereocenters. The minimum atomic E-state index is -0.611. The SMILES string of the molecule is Cc1ccc(C#N)cc1Oc1cc(F)c(Cl)cc1N. The number of nitriles is 1. The molecule has 0 atom stereocenters. The maximum absolute atomic E-state index is 13.4. The smallest absolute Gasteiger partial charge is 0.153 e. The van der Waals surface area contributed by atoms with Gasteiger partial charge in [0.25, 0.3) is 0 Å². The topological polar surface area (TPSA) is 59.0 Å². The molecule has 0 aliphatic heterocycles. The van der Waals surface area contributed by atoms with Crippen LogP contribution in [0.5, 0.6) is 11.5 Å². The van der Waals surface area contributed by atoms with E-state index >= 15 is 0 Å². The van der Waals surface area contributed by atoms with E-state index in [1.165, 1.54) is 6.07 Å². The highest BCUT2D eigenvalue weighted by Gasteiger charge is 2.10. The summed E-state index contributed by atoms with van der Waals surface area (Å²) in [7, 11) is 0. The van der Waals surface area contributed by atoms with E-state index in [0.717, 1.165) is 11.6 Å². The Kier molecular flexibility index (Phi) is 3.59. The third kappa shape index (κ3) is 2.78. The number of nitrogen functional groups attached to an aromatic ring is 1. The minimum Gasteiger partial charge on any atom is -0.455 e. The maximum Gasteiger partial charge on any atom is 0.153 e. The van der Waals surface area contributed by atoms with E-state index in [-0.39, 0.29) is 16.5 Å². The van der Waals surface area contributed by atoms with Gasteiger partial charge in [0.2, 0.25) is 0 Å². The van der Waals surface area contributed by atoms with Crippen molar-refractivity contribution < 1.29 is 9.13 Å². The molecule has 0 bridgehead atoms. The fourth-order valence-electron chi connectivity index (χ4n) is 1.53. The molecule has 0 saturated carbocycles. The number of benzene rings is 2. The normalized spacial score (nSPS) is 10.0. The Bertz CT molecular complexity index is 680. The summed E-state index contributed by atoms with van der Waals surface area (Å²) in [5.74, 6) is 0.00696. The van der Waals surface area contributed by atoms with Gasteiger partial charge >= 0.3 is 0 Å². The Morgan fingerprint density at radius 3 is 2.68 bits per heavy atom. The fourth-order valence-corrected chi connectivity index (χ4v) is 1.70.